The number of hydrogen-bond donors (Lipinski definition) is 4. The second-order valence-electron chi connectivity index (χ2n) is 9.36. The van der Waals surface area contributed by atoms with Gasteiger partial charge in [0, 0.05) is 47.7 Å². The molecule has 0 unspecified atom stereocenters. The van der Waals surface area contributed by atoms with E-state index in [1.165, 1.54) is 44.8 Å². The maximum absolute atomic E-state index is 3.70. The summed E-state index contributed by atoms with van der Waals surface area (Å²) >= 11 is 0. The molecule has 0 atom stereocenters. The molecule has 3 aromatic carbocycles. The van der Waals surface area contributed by atoms with Gasteiger partial charge in [-0.05, 0) is 88.1 Å². The zero-order chi connectivity index (χ0) is 22.8. The maximum atomic E-state index is 3.70. The minimum atomic E-state index is 0.421. The van der Waals surface area contributed by atoms with E-state index >= 15 is 0 Å². The lowest BCUT2D eigenvalue weighted by molar-refractivity contribution is 0.899. The predicted molar refractivity (Wildman–Crippen MR) is 141 cm³/mol. The van der Waals surface area contributed by atoms with E-state index in [2.05, 4.69) is 111 Å². The molecule has 4 N–H and O–H groups in total. The Labute approximate surface area is 192 Å². The van der Waals surface area contributed by atoms with E-state index in [1.54, 1.807) is 0 Å². The minimum absolute atomic E-state index is 0.421. The van der Waals surface area contributed by atoms with Gasteiger partial charge in [-0.2, -0.15) is 0 Å². The first-order valence-electron chi connectivity index (χ1n) is 11.7. The molecule has 0 saturated carbocycles. The SMILES string of the molecule is Cc1c(C)c(-c2ccc(NC(C)C)cc2)c2c(c1-c1ccc(NC(C)C)cc1)NCCN2. The minimum Gasteiger partial charge on any atom is -0.383 e. The van der Waals surface area contributed by atoms with Crippen molar-refractivity contribution in [3.05, 3.63) is 59.7 Å². The monoisotopic (exact) mass is 428 g/mol. The summed E-state index contributed by atoms with van der Waals surface area (Å²) in [5, 5.41) is 14.4. The van der Waals surface area contributed by atoms with Crippen molar-refractivity contribution in [1.82, 2.24) is 0 Å². The van der Waals surface area contributed by atoms with Crippen molar-refractivity contribution in [3.8, 4) is 22.3 Å². The first-order valence-corrected chi connectivity index (χ1v) is 11.7. The highest BCUT2D eigenvalue weighted by Gasteiger charge is 2.23. The van der Waals surface area contributed by atoms with Crippen molar-refractivity contribution in [2.45, 2.75) is 53.6 Å². The van der Waals surface area contributed by atoms with E-state index in [0.29, 0.717) is 12.1 Å². The van der Waals surface area contributed by atoms with E-state index in [4.69, 9.17) is 0 Å². The molecule has 0 radical (unpaired) electrons. The van der Waals surface area contributed by atoms with Crippen LogP contribution in [-0.4, -0.2) is 25.2 Å². The average Bonchev–Trinajstić information content (AvgIpc) is 2.76. The molecule has 3 aromatic rings. The highest BCUT2D eigenvalue weighted by atomic mass is 15.0. The Balaban J connectivity index is 1.81. The first-order chi connectivity index (χ1) is 15.3. The fourth-order valence-electron chi connectivity index (χ4n) is 4.58. The topological polar surface area (TPSA) is 48.1 Å². The fourth-order valence-corrected chi connectivity index (χ4v) is 4.58. The summed E-state index contributed by atoms with van der Waals surface area (Å²) in [4.78, 5) is 0. The van der Waals surface area contributed by atoms with Crippen LogP contribution >= 0.6 is 0 Å². The van der Waals surface area contributed by atoms with E-state index in [9.17, 15) is 0 Å². The van der Waals surface area contributed by atoms with Crippen LogP contribution in [0.3, 0.4) is 0 Å². The molecule has 0 aromatic heterocycles. The summed E-state index contributed by atoms with van der Waals surface area (Å²) in [7, 11) is 0. The number of anilines is 4. The molecular weight excluding hydrogens is 392 g/mol. The molecule has 0 fully saturated rings. The van der Waals surface area contributed by atoms with Crippen molar-refractivity contribution in [1.29, 1.82) is 0 Å². The summed E-state index contributed by atoms with van der Waals surface area (Å²) in [5.74, 6) is 0. The summed E-state index contributed by atoms with van der Waals surface area (Å²) in [6.45, 7) is 15.0. The smallest absolute Gasteiger partial charge is 0.0665 e. The third kappa shape index (κ3) is 4.40. The van der Waals surface area contributed by atoms with Crippen molar-refractivity contribution in [2.75, 3.05) is 34.4 Å². The lowest BCUT2D eigenvalue weighted by Crippen LogP contribution is -2.22. The number of benzene rings is 3. The van der Waals surface area contributed by atoms with Crippen molar-refractivity contribution in [2.24, 2.45) is 0 Å². The Morgan fingerprint density at radius 1 is 0.594 bits per heavy atom. The van der Waals surface area contributed by atoms with Crippen molar-refractivity contribution >= 4 is 22.7 Å². The molecule has 1 aliphatic heterocycles. The Bertz CT molecular complexity index is 992. The molecule has 0 spiro atoms. The third-order valence-electron chi connectivity index (χ3n) is 6.05. The molecule has 168 valence electrons. The van der Waals surface area contributed by atoms with Gasteiger partial charge in [0.2, 0.25) is 0 Å². The van der Waals surface area contributed by atoms with Crippen LogP contribution in [0.5, 0.6) is 0 Å². The van der Waals surface area contributed by atoms with Crippen molar-refractivity contribution in [3.63, 3.8) is 0 Å². The summed E-state index contributed by atoms with van der Waals surface area (Å²) < 4.78 is 0. The van der Waals surface area contributed by atoms with Gasteiger partial charge in [-0.15, -0.1) is 0 Å². The summed E-state index contributed by atoms with van der Waals surface area (Å²) in [6, 6.07) is 18.5. The van der Waals surface area contributed by atoms with Gasteiger partial charge < -0.3 is 21.3 Å². The Morgan fingerprint density at radius 3 is 1.25 bits per heavy atom. The normalized spacial score (nSPS) is 12.9. The molecular formula is C28H36N4. The lowest BCUT2D eigenvalue weighted by atomic mass is 9.86. The second kappa shape index (κ2) is 9.15. The molecule has 4 nitrogen and oxygen atoms in total. The van der Waals surface area contributed by atoms with Crippen LogP contribution in [0.1, 0.15) is 38.8 Å². The van der Waals surface area contributed by atoms with E-state index in [0.717, 1.165) is 24.5 Å². The standard InChI is InChI=1S/C28H36N4/c1-17(2)31-23-11-7-21(8-12-23)25-19(5)20(6)26(28-27(25)29-15-16-30-28)22-9-13-24(14-10-22)32-18(3)4/h7-14,17-18,29-32H,15-16H2,1-6H3. The van der Waals surface area contributed by atoms with Crippen LogP contribution in [0.15, 0.2) is 48.5 Å². The number of fused-ring (bicyclic) bond motifs is 1. The van der Waals surface area contributed by atoms with Crippen LogP contribution < -0.4 is 21.3 Å². The van der Waals surface area contributed by atoms with Crippen LogP contribution in [0.25, 0.3) is 22.3 Å². The first kappa shape index (κ1) is 22.1. The lowest BCUT2D eigenvalue weighted by Gasteiger charge is -2.29. The predicted octanol–water partition coefficient (Wildman–Crippen LogP) is 7.12. The molecule has 0 saturated heterocycles. The zero-order valence-corrected chi connectivity index (χ0v) is 20.2. The third-order valence-corrected chi connectivity index (χ3v) is 6.05. The molecule has 0 bridgehead atoms. The Morgan fingerprint density at radius 2 is 0.938 bits per heavy atom. The Hall–Kier alpha value is -3.14. The van der Waals surface area contributed by atoms with E-state index < -0.39 is 0 Å². The van der Waals surface area contributed by atoms with E-state index in [1.807, 2.05) is 0 Å². The maximum Gasteiger partial charge on any atom is 0.0665 e. The highest BCUT2D eigenvalue weighted by molar-refractivity contribution is 6.00. The summed E-state index contributed by atoms with van der Waals surface area (Å²) in [5.41, 5.74) is 12.5. The number of hydrogen-bond acceptors (Lipinski definition) is 4. The van der Waals surface area contributed by atoms with Gasteiger partial charge in [-0.1, -0.05) is 24.3 Å². The molecule has 1 heterocycles. The van der Waals surface area contributed by atoms with Crippen LogP contribution in [0.2, 0.25) is 0 Å². The molecule has 1 aliphatic rings. The molecule has 0 amide bonds. The number of nitrogens with one attached hydrogen (secondary N) is 4. The average molecular weight is 429 g/mol. The van der Waals surface area contributed by atoms with Gasteiger partial charge in [0.1, 0.15) is 0 Å². The molecule has 4 heteroatoms. The zero-order valence-electron chi connectivity index (χ0n) is 20.2. The Kier molecular flexibility index (Phi) is 6.31. The molecule has 4 rings (SSSR count). The molecule has 32 heavy (non-hydrogen) atoms. The summed E-state index contributed by atoms with van der Waals surface area (Å²) in [6.07, 6.45) is 0. The van der Waals surface area contributed by atoms with Gasteiger partial charge in [0.15, 0.2) is 0 Å². The van der Waals surface area contributed by atoms with Gasteiger partial charge in [-0.3, -0.25) is 0 Å². The van der Waals surface area contributed by atoms with Gasteiger partial charge in [0.25, 0.3) is 0 Å². The van der Waals surface area contributed by atoms with Gasteiger partial charge >= 0.3 is 0 Å². The molecule has 0 aliphatic carbocycles. The van der Waals surface area contributed by atoms with Crippen molar-refractivity contribution < 1.29 is 0 Å². The largest absolute Gasteiger partial charge is 0.383 e. The quantitative estimate of drug-likeness (QED) is 0.338. The highest BCUT2D eigenvalue weighted by Crippen LogP contribution is 2.47. The van der Waals surface area contributed by atoms with Crippen LogP contribution in [0, 0.1) is 13.8 Å². The van der Waals surface area contributed by atoms with Gasteiger partial charge in [-0.25, -0.2) is 0 Å². The fraction of sp³-hybridized carbons (Fsp3) is 0.357. The van der Waals surface area contributed by atoms with Gasteiger partial charge in [0.05, 0.1) is 11.4 Å². The van der Waals surface area contributed by atoms with Crippen LogP contribution in [0.4, 0.5) is 22.7 Å². The second-order valence-corrected chi connectivity index (χ2v) is 9.36. The number of rotatable bonds is 6. The van der Waals surface area contributed by atoms with E-state index in [-0.39, 0.29) is 0 Å². The van der Waals surface area contributed by atoms with Crippen LogP contribution in [-0.2, 0) is 0 Å².